The molecule has 2 fully saturated rings. The van der Waals surface area contributed by atoms with Crippen LogP contribution in [0, 0.1) is 13.8 Å². The molecule has 384 valence electrons. The van der Waals surface area contributed by atoms with Crippen molar-refractivity contribution in [3.63, 3.8) is 0 Å². The summed E-state index contributed by atoms with van der Waals surface area (Å²) in [4.78, 5) is 104. The molecule has 2 aliphatic carbocycles. The number of urea groups is 1. The Labute approximate surface area is 432 Å². The lowest BCUT2D eigenvalue weighted by Gasteiger charge is -2.25. The van der Waals surface area contributed by atoms with Gasteiger partial charge < -0.3 is 31.1 Å². The number of fused-ring (bicyclic) bond motifs is 2. The molecule has 2 saturated carbocycles. The number of aliphatic imine (C=N–C) groups is 1. The van der Waals surface area contributed by atoms with Crippen LogP contribution in [0.4, 0.5) is 16.2 Å². The summed E-state index contributed by atoms with van der Waals surface area (Å²) in [7, 11) is 0. The first-order valence-corrected chi connectivity index (χ1v) is 24.8. The normalized spacial score (nSPS) is 17.1. The van der Waals surface area contributed by atoms with Crippen molar-refractivity contribution < 1.29 is 38.4 Å². The maximum atomic E-state index is 12.9. The van der Waals surface area contributed by atoms with Gasteiger partial charge in [-0.2, -0.15) is 4.99 Å². The number of nitrogens with two attached hydrogens (primary N) is 1. The number of Topliss-reactive ketones (excluding diaryl/α,β-unsaturated/α-hetero) is 4. The van der Waals surface area contributed by atoms with Crippen LogP contribution >= 0.6 is 23.2 Å². The van der Waals surface area contributed by atoms with E-state index < -0.39 is 12.1 Å². The summed E-state index contributed by atoms with van der Waals surface area (Å²) in [5.41, 5.74) is 13.4. The molecule has 2 atom stereocenters. The SMILES string of the molecule is C.CCN(CC)CC.Cc1ccc(N=C=O)cc1Cl.Cc1ccc(NC(=O)NCc2ccc3c(c2)CN([C@H]2CCCC(=O)CC2=O)C3=O)cc1Cl.NCc1ccc2c(c1)CN([C@H]1CCCC(=O)CC1=O)C2=O. The molecular weight excluding hydrogens is 958 g/mol. The number of halogens is 2. The van der Waals surface area contributed by atoms with E-state index in [0.29, 0.717) is 90.7 Å². The van der Waals surface area contributed by atoms with Crippen LogP contribution < -0.4 is 16.4 Å². The molecule has 4 aromatic rings. The Morgan fingerprint density at radius 2 is 1.19 bits per heavy atom. The van der Waals surface area contributed by atoms with E-state index in [1.807, 2.05) is 38.1 Å². The van der Waals surface area contributed by atoms with Crippen LogP contribution in [0.2, 0.25) is 10.0 Å². The molecule has 8 rings (SSSR count). The number of nitrogens with zero attached hydrogens (tertiary/aromatic N) is 4. The van der Waals surface area contributed by atoms with Crippen molar-refractivity contribution in [1.29, 1.82) is 0 Å². The van der Waals surface area contributed by atoms with Gasteiger partial charge in [0, 0.05) is 65.9 Å². The van der Waals surface area contributed by atoms with Crippen LogP contribution in [0.1, 0.15) is 134 Å². The molecule has 0 saturated heterocycles. The van der Waals surface area contributed by atoms with E-state index in [4.69, 9.17) is 28.9 Å². The Hall–Kier alpha value is -6.35. The third-order valence-electron chi connectivity index (χ3n) is 12.9. The van der Waals surface area contributed by atoms with E-state index in [1.165, 1.54) is 25.7 Å². The topological polar surface area (TPSA) is 209 Å². The molecule has 4 aliphatic rings. The number of amides is 4. The van der Waals surface area contributed by atoms with Crippen molar-refractivity contribution in [3.05, 3.63) is 127 Å². The Morgan fingerprint density at radius 3 is 1.65 bits per heavy atom. The number of anilines is 1. The van der Waals surface area contributed by atoms with Gasteiger partial charge in [0.05, 0.1) is 30.6 Å². The van der Waals surface area contributed by atoms with E-state index in [2.05, 4.69) is 41.3 Å². The first-order valence-electron chi connectivity index (χ1n) is 24.0. The number of hydrogen-bond acceptors (Lipinski definition) is 11. The molecule has 0 radical (unpaired) electrons. The molecule has 4 amide bonds. The minimum absolute atomic E-state index is 0. The van der Waals surface area contributed by atoms with E-state index >= 15 is 0 Å². The lowest BCUT2D eigenvalue weighted by molar-refractivity contribution is -0.130. The number of isocyanates is 1. The van der Waals surface area contributed by atoms with Crippen molar-refractivity contribution in [2.45, 2.75) is 132 Å². The van der Waals surface area contributed by atoms with Gasteiger partial charge in [-0.05, 0) is 129 Å². The lowest BCUT2D eigenvalue weighted by Crippen LogP contribution is -2.41. The van der Waals surface area contributed by atoms with Gasteiger partial charge >= 0.3 is 6.03 Å². The van der Waals surface area contributed by atoms with Gasteiger partial charge in [0.1, 0.15) is 11.6 Å². The second-order valence-corrected chi connectivity index (χ2v) is 18.6. The van der Waals surface area contributed by atoms with Crippen molar-refractivity contribution >= 4 is 81.6 Å². The Kier molecular flexibility index (Phi) is 22.7. The maximum absolute atomic E-state index is 12.9. The molecule has 2 aliphatic heterocycles. The minimum atomic E-state index is -0.546. The number of nitrogens with one attached hydrogen (secondary N) is 2. The average Bonchev–Trinajstić information content (AvgIpc) is 3.71. The van der Waals surface area contributed by atoms with Gasteiger partial charge in [0.25, 0.3) is 11.8 Å². The van der Waals surface area contributed by atoms with Gasteiger partial charge in [0.2, 0.25) is 6.08 Å². The zero-order chi connectivity index (χ0) is 51.8. The summed E-state index contributed by atoms with van der Waals surface area (Å²) in [6, 6.07) is 20.0. The number of carbonyl (C=O) groups is 7. The Bertz CT molecular complexity index is 2680. The fourth-order valence-corrected chi connectivity index (χ4v) is 9.06. The second-order valence-electron chi connectivity index (χ2n) is 17.8. The first-order chi connectivity index (χ1) is 34.0. The predicted molar refractivity (Wildman–Crippen MR) is 281 cm³/mol. The standard InChI is InChI=1S/C24H24ClN3O4.C16H18N2O3.C8H6ClNO.C6H15N.CH4/c1-14-5-7-17(10-20(14)25)27-24(32)26-12-15-6-8-19-16(9-15)13-28(23(19)31)21-4-2-3-18(29)11-22(21)30;17-8-10-4-5-13-11(6-10)9-18(16(13)21)14-3-1-2-12(19)7-15(14)20;1-6-2-3-7(10-5-11)4-8(6)9;1-4-7(5-2)6-3;/h5-10,21H,2-4,11-13H2,1H3,(H2,26,27,32);4-6,14H,1-3,7-9,17H2;2-4H,1H3;4-6H2,1-3H3;1H4/t21-;14-;;;/m00.../s1. The molecule has 2 heterocycles. The van der Waals surface area contributed by atoms with Crippen LogP contribution in [0.25, 0.3) is 0 Å². The van der Waals surface area contributed by atoms with Crippen LogP contribution in [0.15, 0.2) is 77.8 Å². The van der Waals surface area contributed by atoms with Crippen LogP contribution in [-0.4, -0.2) is 93.5 Å². The van der Waals surface area contributed by atoms with Gasteiger partial charge in [-0.15, -0.1) is 0 Å². The summed E-state index contributed by atoms with van der Waals surface area (Å²) in [5, 5.41) is 6.73. The number of rotatable bonds is 10. The predicted octanol–water partition coefficient (Wildman–Crippen LogP) is 9.79. The molecule has 0 unspecified atom stereocenters. The van der Waals surface area contributed by atoms with Crippen LogP contribution in [0.5, 0.6) is 0 Å². The van der Waals surface area contributed by atoms with Gasteiger partial charge in [-0.25, -0.2) is 9.59 Å². The molecule has 17 heteroatoms. The lowest BCUT2D eigenvalue weighted by atomic mass is 10.1. The van der Waals surface area contributed by atoms with Crippen molar-refractivity contribution in [2.75, 3.05) is 25.0 Å². The maximum Gasteiger partial charge on any atom is 0.319 e. The largest absolute Gasteiger partial charge is 0.334 e. The molecular formula is C55H67Cl2N7O8. The average molecular weight is 1030 g/mol. The monoisotopic (exact) mass is 1020 g/mol. The molecule has 4 N–H and O–H groups in total. The van der Waals surface area contributed by atoms with Gasteiger partial charge in [-0.3, -0.25) is 28.8 Å². The molecule has 15 nitrogen and oxygen atoms in total. The van der Waals surface area contributed by atoms with E-state index in [9.17, 15) is 38.4 Å². The summed E-state index contributed by atoms with van der Waals surface area (Å²) >= 11 is 11.8. The zero-order valence-electron chi connectivity index (χ0n) is 41.1. The van der Waals surface area contributed by atoms with E-state index in [0.717, 1.165) is 33.4 Å². The number of benzene rings is 4. The van der Waals surface area contributed by atoms with Gasteiger partial charge in [0.15, 0.2) is 11.6 Å². The van der Waals surface area contributed by atoms with Crippen LogP contribution in [0.3, 0.4) is 0 Å². The summed E-state index contributed by atoms with van der Waals surface area (Å²) in [6.07, 6.45) is 4.52. The second kappa shape index (κ2) is 28.0. The third-order valence-corrected chi connectivity index (χ3v) is 13.7. The number of hydrogen-bond donors (Lipinski definition) is 3. The highest BCUT2D eigenvalue weighted by atomic mass is 35.5. The molecule has 4 aromatic carbocycles. The number of carbonyl (C=O) groups excluding carboxylic acids is 8. The first kappa shape index (κ1) is 58.2. The Balaban J connectivity index is 0.000000240. The quantitative estimate of drug-likeness (QED) is 0.0593. The fraction of sp³-hybridized carbons (Fsp3) is 0.418. The highest BCUT2D eigenvalue weighted by Crippen LogP contribution is 2.31. The van der Waals surface area contributed by atoms with Crippen molar-refractivity contribution in [3.8, 4) is 0 Å². The smallest absolute Gasteiger partial charge is 0.319 e. The third kappa shape index (κ3) is 15.8. The van der Waals surface area contributed by atoms with Crippen LogP contribution in [-0.2, 0) is 50.2 Å². The van der Waals surface area contributed by atoms with E-state index in [1.54, 1.807) is 58.3 Å². The molecule has 72 heavy (non-hydrogen) atoms. The van der Waals surface area contributed by atoms with Crippen molar-refractivity contribution in [2.24, 2.45) is 10.7 Å². The zero-order valence-corrected chi connectivity index (χ0v) is 42.6. The minimum Gasteiger partial charge on any atom is -0.334 e. The number of aryl methyl sites for hydroxylation is 2. The van der Waals surface area contributed by atoms with Gasteiger partial charge in [-0.1, -0.05) is 87.8 Å². The summed E-state index contributed by atoms with van der Waals surface area (Å²) in [6.45, 7) is 15.4. The molecule has 0 aromatic heterocycles. The van der Waals surface area contributed by atoms with Crippen molar-refractivity contribution in [1.82, 2.24) is 20.0 Å². The summed E-state index contributed by atoms with van der Waals surface area (Å²) in [5.74, 6) is -0.665. The van der Waals surface area contributed by atoms with E-state index in [-0.39, 0.29) is 67.8 Å². The highest BCUT2D eigenvalue weighted by Gasteiger charge is 2.39. The molecule has 0 spiro atoms. The number of ketones is 4. The Morgan fingerprint density at radius 1 is 0.708 bits per heavy atom. The fourth-order valence-electron chi connectivity index (χ4n) is 8.70. The molecule has 0 bridgehead atoms. The highest BCUT2D eigenvalue weighted by molar-refractivity contribution is 6.32. The summed E-state index contributed by atoms with van der Waals surface area (Å²) < 4.78 is 0.